The molecule has 2 heterocycles. The van der Waals surface area contributed by atoms with Gasteiger partial charge in [0.2, 0.25) is 0 Å². The topological polar surface area (TPSA) is 51.6 Å². The molecule has 0 aliphatic carbocycles. The summed E-state index contributed by atoms with van der Waals surface area (Å²) in [5.41, 5.74) is 11.6. The molecule has 0 spiro atoms. The van der Waals surface area contributed by atoms with E-state index in [1.807, 2.05) is 36.4 Å². The van der Waals surface area contributed by atoms with E-state index >= 15 is 0 Å². The first-order valence-electron chi connectivity index (χ1n) is 18.3. The van der Waals surface area contributed by atoms with Gasteiger partial charge < -0.3 is 0 Å². The van der Waals surface area contributed by atoms with Crippen molar-refractivity contribution in [3.05, 3.63) is 181 Å². The van der Waals surface area contributed by atoms with Gasteiger partial charge in [-0.25, -0.2) is 15.0 Å². The van der Waals surface area contributed by atoms with Crippen LogP contribution < -0.4 is 0 Å². The van der Waals surface area contributed by atoms with E-state index < -0.39 is 0 Å². The summed E-state index contributed by atoms with van der Waals surface area (Å²) in [6.07, 6.45) is 0. The van der Waals surface area contributed by atoms with Crippen molar-refractivity contribution in [3.8, 4) is 67.5 Å². The van der Waals surface area contributed by atoms with Gasteiger partial charge in [0.1, 0.15) is 0 Å². The molecule has 0 aliphatic heterocycles. The monoisotopic (exact) mass is 690 g/mol. The number of rotatable bonds is 6. The zero-order valence-electron chi connectivity index (χ0n) is 30.0. The first-order chi connectivity index (χ1) is 26.5. The molecule has 0 saturated heterocycles. The maximum Gasteiger partial charge on any atom is 0.164 e. The van der Waals surface area contributed by atoms with Gasteiger partial charge in [0.25, 0.3) is 0 Å². The minimum absolute atomic E-state index is 0.625. The molecule has 10 rings (SSSR count). The molecular weight excluding hydrogens is 657 g/mol. The first kappa shape index (κ1) is 31.7. The predicted octanol–water partition coefficient (Wildman–Crippen LogP) is 12.8. The summed E-state index contributed by atoms with van der Waals surface area (Å²) >= 11 is 0. The fourth-order valence-corrected chi connectivity index (χ4v) is 7.90. The summed E-state index contributed by atoms with van der Waals surface area (Å²) in [7, 11) is 0. The largest absolute Gasteiger partial charge is 0.258 e. The van der Waals surface area contributed by atoms with Gasteiger partial charge in [-0.1, -0.05) is 127 Å². The Bertz CT molecular complexity index is 2930. The van der Waals surface area contributed by atoms with Crippen LogP contribution in [0.15, 0.2) is 170 Å². The third-order valence-corrected chi connectivity index (χ3v) is 10.3. The van der Waals surface area contributed by atoms with Crippen LogP contribution in [0.25, 0.3) is 99.9 Å². The molecule has 10 aromatic rings. The number of aromatic nitrogens is 4. The fourth-order valence-electron chi connectivity index (χ4n) is 7.90. The number of benzene rings is 8. The van der Waals surface area contributed by atoms with E-state index in [1.165, 1.54) is 37.9 Å². The van der Waals surface area contributed by atoms with E-state index in [4.69, 9.17) is 15.0 Å². The van der Waals surface area contributed by atoms with Gasteiger partial charge in [-0.2, -0.15) is 0 Å². The number of hydrogen-bond donors (Lipinski definition) is 0. The van der Waals surface area contributed by atoms with Gasteiger partial charge in [0, 0.05) is 28.1 Å². The van der Waals surface area contributed by atoms with Crippen LogP contribution in [0.1, 0.15) is 11.4 Å². The highest BCUT2D eigenvalue weighted by atomic mass is 15.0. The van der Waals surface area contributed by atoms with E-state index in [1.54, 1.807) is 0 Å². The van der Waals surface area contributed by atoms with E-state index in [0.29, 0.717) is 17.5 Å². The summed E-state index contributed by atoms with van der Waals surface area (Å²) < 4.78 is 0. The van der Waals surface area contributed by atoms with Gasteiger partial charge in [-0.3, -0.25) is 4.98 Å². The summed E-state index contributed by atoms with van der Waals surface area (Å²) in [6.45, 7) is 4.10. The van der Waals surface area contributed by atoms with Crippen molar-refractivity contribution in [2.75, 3.05) is 0 Å². The Hall–Kier alpha value is -7.04. The normalized spacial score (nSPS) is 11.5. The minimum atomic E-state index is 0.625. The fraction of sp³-hybridized carbons (Fsp3) is 0.0400. The second-order valence-electron chi connectivity index (χ2n) is 14.0. The molecular formula is C50H34N4. The van der Waals surface area contributed by atoms with Crippen molar-refractivity contribution >= 4 is 32.3 Å². The Morgan fingerprint density at radius 1 is 0.296 bits per heavy atom. The van der Waals surface area contributed by atoms with Gasteiger partial charge in [-0.15, -0.1) is 0 Å². The highest BCUT2D eigenvalue weighted by molar-refractivity contribution is 6.26. The first-order valence-corrected chi connectivity index (χ1v) is 18.3. The molecule has 0 bridgehead atoms. The molecule has 254 valence electrons. The standard InChI is InChI=1S/C50H34N4/c1-31-24-40(25-32(2)51-31)37-18-10-19-38(26-37)41-27-42(45-30-39-20-9-16-33-22-23-34-17-11-21-44(45)47(34)46(33)39)29-43(28-41)50-53-48(35-12-5-3-6-13-35)52-49(54-50)36-14-7-4-8-15-36/h3-30H,1-2H3. The van der Waals surface area contributed by atoms with Crippen molar-refractivity contribution in [2.24, 2.45) is 0 Å². The zero-order valence-corrected chi connectivity index (χ0v) is 30.0. The van der Waals surface area contributed by atoms with Crippen molar-refractivity contribution < 1.29 is 0 Å². The molecule has 54 heavy (non-hydrogen) atoms. The van der Waals surface area contributed by atoms with Crippen LogP contribution in [0.3, 0.4) is 0 Å². The third-order valence-electron chi connectivity index (χ3n) is 10.3. The molecule has 0 saturated carbocycles. The van der Waals surface area contributed by atoms with Crippen LogP contribution in [-0.4, -0.2) is 19.9 Å². The van der Waals surface area contributed by atoms with Crippen LogP contribution in [-0.2, 0) is 0 Å². The molecule has 2 aromatic heterocycles. The highest BCUT2D eigenvalue weighted by Crippen LogP contribution is 2.42. The van der Waals surface area contributed by atoms with Crippen molar-refractivity contribution in [1.82, 2.24) is 19.9 Å². The van der Waals surface area contributed by atoms with Crippen molar-refractivity contribution in [2.45, 2.75) is 13.8 Å². The zero-order chi connectivity index (χ0) is 36.2. The van der Waals surface area contributed by atoms with E-state index in [9.17, 15) is 0 Å². The lowest BCUT2D eigenvalue weighted by atomic mass is 9.87. The quantitative estimate of drug-likeness (QED) is 0.163. The lowest BCUT2D eigenvalue weighted by Crippen LogP contribution is -2.00. The number of aryl methyl sites for hydroxylation is 2. The number of pyridine rings is 1. The molecule has 0 unspecified atom stereocenters. The molecule has 0 amide bonds. The van der Waals surface area contributed by atoms with Crippen LogP contribution in [0.4, 0.5) is 0 Å². The smallest absolute Gasteiger partial charge is 0.164 e. The van der Waals surface area contributed by atoms with E-state index in [0.717, 1.165) is 55.9 Å². The van der Waals surface area contributed by atoms with Gasteiger partial charge >= 0.3 is 0 Å². The molecule has 8 aromatic carbocycles. The summed E-state index contributed by atoms with van der Waals surface area (Å²) in [5.74, 6) is 1.90. The van der Waals surface area contributed by atoms with Gasteiger partial charge in [0.05, 0.1) is 0 Å². The second-order valence-corrected chi connectivity index (χ2v) is 14.0. The molecule has 0 aliphatic rings. The molecule has 0 fully saturated rings. The average molecular weight is 691 g/mol. The minimum Gasteiger partial charge on any atom is -0.258 e. The van der Waals surface area contributed by atoms with Crippen molar-refractivity contribution in [3.63, 3.8) is 0 Å². The SMILES string of the molecule is Cc1cc(-c2cccc(-c3cc(-c4nc(-c5ccccc5)nc(-c5ccccc5)n4)cc(-c4cc5cccc6ccc7cccc4c7c65)c3)c2)cc(C)n1. The molecule has 0 N–H and O–H groups in total. The lowest BCUT2D eigenvalue weighted by molar-refractivity contribution is 1.07. The van der Waals surface area contributed by atoms with Crippen LogP contribution in [0.5, 0.6) is 0 Å². The molecule has 4 nitrogen and oxygen atoms in total. The molecule has 0 radical (unpaired) electrons. The number of hydrogen-bond acceptors (Lipinski definition) is 4. The van der Waals surface area contributed by atoms with Gasteiger partial charge in [0.15, 0.2) is 17.5 Å². The summed E-state index contributed by atoms with van der Waals surface area (Å²) in [4.78, 5) is 19.9. The predicted molar refractivity (Wildman–Crippen MR) is 223 cm³/mol. The van der Waals surface area contributed by atoms with Crippen LogP contribution in [0, 0.1) is 13.8 Å². The Kier molecular flexibility index (Phi) is 7.55. The maximum absolute atomic E-state index is 5.16. The Labute approximate surface area is 313 Å². The average Bonchev–Trinajstić information content (AvgIpc) is 3.22. The second kappa shape index (κ2) is 12.9. The molecule has 0 atom stereocenters. The van der Waals surface area contributed by atoms with E-state index in [2.05, 4.69) is 152 Å². The lowest BCUT2D eigenvalue weighted by Gasteiger charge is -2.17. The third kappa shape index (κ3) is 5.65. The maximum atomic E-state index is 5.16. The Balaban J connectivity index is 1.25. The van der Waals surface area contributed by atoms with Gasteiger partial charge in [-0.05, 0) is 122 Å². The van der Waals surface area contributed by atoms with E-state index in [-0.39, 0.29) is 0 Å². The Morgan fingerprint density at radius 2 is 0.759 bits per heavy atom. The number of nitrogens with zero attached hydrogens (tertiary/aromatic N) is 4. The van der Waals surface area contributed by atoms with Crippen LogP contribution in [0.2, 0.25) is 0 Å². The van der Waals surface area contributed by atoms with Crippen LogP contribution >= 0.6 is 0 Å². The molecule has 4 heteroatoms. The summed E-state index contributed by atoms with van der Waals surface area (Å²) in [6, 6.07) is 60.3. The highest BCUT2D eigenvalue weighted by Gasteiger charge is 2.18. The Morgan fingerprint density at radius 3 is 1.41 bits per heavy atom. The summed E-state index contributed by atoms with van der Waals surface area (Å²) in [5, 5.41) is 7.53. The van der Waals surface area contributed by atoms with Crippen molar-refractivity contribution in [1.29, 1.82) is 0 Å².